The van der Waals surface area contributed by atoms with Crippen molar-refractivity contribution >= 4 is 17.5 Å². The summed E-state index contributed by atoms with van der Waals surface area (Å²) in [4.78, 5) is 48.0. The van der Waals surface area contributed by atoms with Crippen LogP contribution in [0.1, 0.15) is 40.5 Å². The first kappa shape index (κ1) is 19.3. The third kappa shape index (κ3) is 4.71. The average molecular weight is 395 g/mol. The molecule has 4 rings (SSSR count). The van der Waals surface area contributed by atoms with Gasteiger partial charge in [0.25, 0.3) is 11.5 Å². The quantitative estimate of drug-likeness (QED) is 0.793. The molecule has 0 atom stereocenters. The molecule has 2 amide bonds. The van der Waals surface area contributed by atoms with E-state index in [-0.39, 0.29) is 11.5 Å². The first-order chi connectivity index (χ1) is 14.0. The zero-order valence-corrected chi connectivity index (χ0v) is 16.5. The van der Waals surface area contributed by atoms with E-state index in [4.69, 9.17) is 0 Å². The van der Waals surface area contributed by atoms with Crippen LogP contribution in [0.5, 0.6) is 0 Å². The van der Waals surface area contributed by atoms with Crippen LogP contribution in [0, 0.1) is 0 Å². The lowest BCUT2D eigenvalue weighted by Crippen LogP contribution is -2.47. The molecule has 2 heterocycles. The highest BCUT2D eigenvalue weighted by molar-refractivity contribution is 6.03. The maximum absolute atomic E-state index is 12.4. The van der Waals surface area contributed by atoms with Gasteiger partial charge in [0.1, 0.15) is 11.4 Å². The van der Waals surface area contributed by atoms with Crippen molar-refractivity contribution in [1.82, 2.24) is 19.8 Å². The van der Waals surface area contributed by atoms with Gasteiger partial charge in [-0.15, -0.1) is 0 Å². The minimum atomic E-state index is -0.498. The summed E-state index contributed by atoms with van der Waals surface area (Å²) in [5.74, 6) is 0.590. The van der Waals surface area contributed by atoms with Gasteiger partial charge in [-0.3, -0.25) is 14.4 Å². The molecule has 1 saturated carbocycles. The average Bonchev–Trinajstić information content (AvgIpc) is 3.55. The third-order valence-corrected chi connectivity index (χ3v) is 5.45. The Morgan fingerprint density at radius 1 is 1.14 bits per heavy atom. The molecule has 0 spiro atoms. The van der Waals surface area contributed by atoms with E-state index in [0.717, 1.165) is 44.6 Å². The van der Waals surface area contributed by atoms with Gasteiger partial charge >= 0.3 is 0 Å². The smallest absolute Gasteiger partial charge is 0.263 e. The number of hydrogen-bond donors (Lipinski definition) is 2. The monoisotopic (exact) mass is 395 g/mol. The van der Waals surface area contributed by atoms with E-state index in [1.165, 1.54) is 6.20 Å². The number of amides is 2. The van der Waals surface area contributed by atoms with Crippen LogP contribution in [0.25, 0.3) is 0 Å². The lowest BCUT2D eigenvalue weighted by atomic mass is 10.1. The molecule has 1 aromatic carbocycles. The summed E-state index contributed by atoms with van der Waals surface area (Å²) in [7, 11) is 2.06. The first-order valence-corrected chi connectivity index (χ1v) is 9.95. The van der Waals surface area contributed by atoms with Crippen molar-refractivity contribution in [2.45, 2.75) is 25.2 Å². The van der Waals surface area contributed by atoms with Crippen LogP contribution in [0.4, 0.5) is 5.69 Å². The van der Waals surface area contributed by atoms with Gasteiger partial charge in [-0.1, -0.05) is 12.1 Å². The molecule has 29 heavy (non-hydrogen) atoms. The molecule has 1 saturated heterocycles. The summed E-state index contributed by atoms with van der Waals surface area (Å²) in [6.45, 7) is 3.30. The maximum atomic E-state index is 12.4. The number of carbonyl (C=O) groups excluding carboxylic acids is 2. The van der Waals surface area contributed by atoms with E-state index in [1.807, 2.05) is 17.0 Å². The molecule has 8 nitrogen and oxygen atoms in total. The molecule has 1 aromatic heterocycles. The summed E-state index contributed by atoms with van der Waals surface area (Å²) in [6.07, 6.45) is 3.73. The van der Waals surface area contributed by atoms with Crippen molar-refractivity contribution in [3.63, 3.8) is 0 Å². The Morgan fingerprint density at radius 3 is 2.45 bits per heavy atom. The summed E-state index contributed by atoms with van der Waals surface area (Å²) >= 11 is 0. The highest BCUT2D eigenvalue weighted by Gasteiger charge is 2.26. The highest BCUT2D eigenvalue weighted by Crippen LogP contribution is 2.37. The second-order valence-electron chi connectivity index (χ2n) is 7.80. The van der Waals surface area contributed by atoms with E-state index >= 15 is 0 Å². The number of benzene rings is 1. The van der Waals surface area contributed by atoms with Crippen molar-refractivity contribution in [2.24, 2.45) is 0 Å². The van der Waals surface area contributed by atoms with Gasteiger partial charge < -0.3 is 20.1 Å². The minimum Gasteiger partial charge on any atom is -0.340 e. The molecule has 152 valence electrons. The summed E-state index contributed by atoms with van der Waals surface area (Å²) < 4.78 is 0. The number of likely N-dealkylation sites (N-methyl/N-ethyl adjacent to an activating group) is 1. The number of nitrogens with one attached hydrogen (secondary N) is 2. The van der Waals surface area contributed by atoms with E-state index in [1.54, 1.807) is 12.1 Å². The number of hydrogen-bond acceptors (Lipinski definition) is 5. The van der Waals surface area contributed by atoms with Crippen LogP contribution in [0.3, 0.4) is 0 Å². The van der Waals surface area contributed by atoms with E-state index in [2.05, 4.69) is 27.2 Å². The summed E-state index contributed by atoms with van der Waals surface area (Å²) in [6, 6.07) is 7.12. The van der Waals surface area contributed by atoms with Crippen LogP contribution >= 0.6 is 0 Å². The molecule has 2 N–H and O–H groups in total. The van der Waals surface area contributed by atoms with Crippen molar-refractivity contribution < 1.29 is 9.59 Å². The SMILES string of the molecule is CN1CCN(C(=O)Cc2ccc(NC(=O)c3cnc(C4CC4)[nH]c3=O)cc2)CC1. The number of aromatic amines is 1. The number of H-pyrrole nitrogens is 1. The van der Waals surface area contributed by atoms with E-state index in [0.29, 0.717) is 23.9 Å². The standard InChI is InChI=1S/C21H25N5O3/c1-25-8-10-26(11-9-25)18(27)12-14-2-6-16(7-3-14)23-20(28)17-13-22-19(15-4-5-15)24-21(17)29/h2-3,6-7,13,15H,4-5,8-12H2,1H3,(H,23,28)(H,22,24,29). The number of piperazine rings is 1. The lowest BCUT2D eigenvalue weighted by Gasteiger charge is -2.32. The largest absolute Gasteiger partial charge is 0.340 e. The molecule has 8 heteroatoms. The van der Waals surface area contributed by atoms with Crippen molar-refractivity contribution in [2.75, 3.05) is 38.5 Å². The van der Waals surface area contributed by atoms with Crippen LogP contribution in [-0.2, 0) is 11.2 Å². The third-order valence-electron chi connectivity index (χ3n) is 5.45. The second kappa shape index (κ2) is 8.16. The van der Waals surface area contributed by atoms with Crippen LogP contribution in [0.2, 0.25) is 0 Å². The topological polar surface area (TPSA) is 98.4 Å². The maximum Gasteiger partial charge on any atom is 0.263 e. The second-order valence-corrected chi connectivity index (χ2v) is 7.80. The molecule has 1 aliphatic heterocycles. The fraction of sp³-hybridized carbons (Fsp3) is 0.429. The van der Waals surface area contributed by atoms with Crippen LogP contribution in [-0.4, -0.2) is 64.8 Å². The Bertz CT molecular complexity index is 957. The minimum absolute atomic E-state index is 0.0104. The Morgan fingerprint density at radius 2 is 1.83 bits per heavy atom. The number of carbonyl (C=O) groups is 2. The number of nitrogens with zero attached hydrogens (tertiary/aromatic N) is 3. The number of rotatable bonds is 5. The van der Waals surface area contributed by atoms with E-state index in [9.17, 15) is 14.4 Å². The van der Waals surface area contributed by atoms with Gasteiger partial charge in [-0.25, -0.2) is 4.98 Å². The van der Waals surface area contributed by atoms with E-state index < -0.39 is 11.5 Å². The molecule has 0 bridgehead atoms. The molecule has 2 aromatic rings. The summed E-state index contributed by atoms with van der Waals surface area (Å²) in [5.41, 5.74) is 1.02. The molecular weight excluding hydrogens is 370 g/mol. The predicted octanol–water partition coefficient (Wildman–Crippen LogP) is 1.22. The van der Waals surface area contributed by atoms with Gasteiger partial charge in [-0.2, -0.15) is 0 Å². The van der Waals surface area contributed by atoms with Crippen molar-refractivity contribution in [3.05, 3.63) is 57.8 Å². The first-order valence-electron chi connectivity index (χ1n) is 9.95. The zero-order chi connectivity index (χ0) is 20.4. The van der Waals surface area contributed by atoms with Crippen molar-refractivity contribution in [3.8, 4) is 0 Å². The Balaban J connectivity index is 1.35. The van der Waals surface area contributed by atoms with Crippen molar-refractivity contribution in [1.29, 1.82) is 0 Å². The molecule has 2 aliphatic rings. The lowest BCUT2D eigenvalue weighted by molar-refractivity contribution is -0.132. The fourth-order valence-electron chi connectivity index (χ4n) is 3.38. The fourth-order valence-corrected chi connectivity index (χ4v) is 3.38. The Labute approximate surface area is 168 Å². The summed E-state index contributed by atoms with van der Waals surface area (Å²) in [5, 5.41) is 2.71. The Hall–Kier alpha value is -3.00. The molecule has 0 radical (unpaired) electrons. The normalized spacial score (nSPS) is 17.2. The van der Waals surface area contributed by atoms with Crippen LogP contribution < -0.4 is 10.9 Å². The van der Waals surface area contributed by atoms with Gasteiger partial charge in [-0.05, 0) is 37.6 Å². The Kier molecular flexibility index (Phi) is 5.44. The molecule has 0 unspecified atom stereocenters. The predicted molar refractivity (Wildman–Crippen MR) is 109 cm³/mol. The zero-order valence-electron chi connectivity index (χ0n) is 16.5. The molecule has 1 aliphatic carbocycles. The van der Waals surface area contributed by atoms with Crippen LogP contribution in [0.15, 0.2) is 35.3 Å². The van der Waals surface area contributed by atoms with Gasteiger partial charge in [0.2, 0.25) is 5.91 Å². The molecular formula is C21H25N5O3. The van der Waals surface area contributed by atoms with Gasteiger partial charge in [0.05, 0.1) is 6.42 Å². The van der Waals surface area contributed by atoms with Gasteiger partial charge in [0, 0.05) is 44.0 Å². The number of anilines is 1. The molecule has 2 fully saturated rings. The highest BCUT2D eigenvalue weighted by atomic mass is 16.2. The number of aromatic nitrogens is 2. The van der Waals surface area contributed by atoms with Gasteiger partial charge in [0.15, 0.2) is 0 Å².